The Hall–Kier alpha value is -3.61. The highest BCUT2D eigenvalue weighted by atomic mass is 16.6. The molecule has 4 amide bonds. The van der Waals surface area contributed by atoms with Crippen LogP contribution in [-0.4, -0.2) is 83.4 Å². The third-order valence-corrected chi connectivity index (χ3v) is 8.53. The van der Waals surface area contributed by atoms with Gasteiger partial charge in [-0.15, -0.1) is 0 Å². The second kappa shape index (κ2) is 9.85. The van der Waals surface area contributed by atoms with E-state index >= 15 is 0 Å². The van der Waals surface area contributed by atoms with Gasteiger partial charge in [0.1, 0.15) is 24.7 Å². The molecule has 0 aromatic heterocycles. The van der Waals surface area contributed by atoms with Gasteiger partial charge >= 0.3 is 6.09 Å². The van der Waals surface area contributed by atoms with Gasteiger partial charge in [0, 0.05) is 25.7 Å². The molecule has 10 nitrogen and oxygen atoms in total. The quantitative estimate of drug-likeness (QED) is 0.573. The molecule has 1 aliphatic carbocycles. The Morgan fingerprint density at radius 1 is 1.26 bits per heavy atom. The predicted molar refractivity (Wildman–Crippen MR) is 142 cm³/mol. The van der Waals surface area contributed by atoms with Crippen molar-refractivity contribution in [1.82, 2.24) is 14.7 Å². The maximum Gasteiger partial charge on any atom is 0.410 e. The summed E-state index contributed by atoms with van der Waals surface area (Å²) in [6.45, 7) is 6.65. The molecule has 2 saturated heterocycles. The number of carbonyl (C=O) groups excluding carboxylic acids is 4. The lowest BCUT2D eigenvalue weighted by atomic mass is 9.80. The molecule has 3 fully saturated rings. The maximum absolute atomic E-state index is 14.3. The Morgan fingerprint density at radius 3 is 2.59 bits per heavy atom. The Balaban J connectivity index is 1.44. The fourth-order valence-electron chi connectivity index (χ4n) is 6.26. The lowest BCUT2D eigenvalue weighted by molar-refractivity contribution is -0.148. The molecular formula is C29H37N5O5. The molecule has 1 spiro atoms. The van der Waals surface area contributed by atoms with E-state index in [1.165, 1.54) is 14.7 Å². The predicted octanol–water partition coefficient (Wildman–Crippen LogP) is 2.89. The van der Waals surface area contributed by atoms with Crippen LogP contribution in [-0.2, 0) is 24.5 Å². The maximum atomic E-state index is 14.3. The van der Waals surface area contributed by atoms with Gasteiger partial charge in [-0.3, -0.25) is 19.3 Å². The van der Waals surface area contributed by atoms with Gasteiger partial charge in [0.05, 0.1) is 18.0 Å². The van der Waals surface area contributed by atoms with E-state index in [1.54, 1.807) is 7.05 Å². The monoisotopic (exact) mass is 535 g/mol. The van der Waals surface area contributed by atoms with Crippen molar-refractivity contribution >= 4 is 29.5 Å². The number of fused-ring (bicyclic) bond motifs is 2. The Bertz CT molecular complexity index is 1230. The fourth-order valence-corrected chi connectivity index (χ4v) is 6.26. The molecule has 0 radical (unpaired) electrons. The van der Waals surface area contributed by atoms with Crippen molar-refractivity contribution in [1.29, 1.82) is 5.26 Å². The molecule has 5 rings (SSSR count). The van der Waals surface area contributed by atoms with Crippen molar-refractivity contribution < 1.29 is 23.9 Å². The topological polar surface area (TPSA) is 123 Å². The number of nitrogens with one attached hydrogen (secondary N) is 1. The summed E-state index contributed by atoms with van der Waals surface area (Å²) >= 11 is 0. The molecule has 1 unspecified atom stereocenters. The smallest absolute Gasteiger partial charge is 0.410 e. The minimum Gasteiger partial charge on any atom is -0.448 e. The molecule has 10 heteroatoms. The number of nitriles is 1. The van der Waals surface area contributed by atoms with Crippen LogP contribution in [0.15, 0.2) is 24.3 Å². The molecule has 4 aliphatic rings. The zero-order valence-electron chi connectivity index (χ0n) is 23.1. The highest BCUT2D eigenvalue weighted by molar-refractivity contribution is 6.07. The average molecular weight is 536 g/mol. The van der Waals surface area contributed by atoms with Crippen LogP contribution in [0.5, 0.6) is 0 Å². The Labute approximate surface area is 229 Å². The number of amides is 4. The van der Waals surface area contributed by atoms with Gasteiger partial charge < -0.3 is 19.9 Å². The number of para-hydroxylation sites is 1. The van der Waals surface area contributed by atoms with E-state index in [-0.39, 0.29) is 42.7 Å². The lowest BCUT2D eigenvalue weighted by Gasteiger charge is -2.38. The van der Waals surface area contributed by atoms with Gasteiger partial charge in [0.2, 0.25) is 17.7 Å². The second-order valence-electron chi connectivity index (χ2n) is 12.6. The first-order valence-electron chi connectivity index (χ1n) is 13.8. The van der Waals surface area contributed by atoms with Crippen molar-refractivity contribution in [3.63, 3.8) is 0 Å². The molecule has 208 valence electrons. The number of nitrogens with zero attached hydrogens (tertiary/aromatic N) is 4. The SMILES string of the molecule is CN(C(=O)C(CC1CC1)N1CCOC1=O)[C@@H](CC(C)(C)C)C(=O)N1C[C@]2(C[C@H]1C#N)C(=O)Nc1ccccc12. The number of likely N-dealkylation sites (N-methyl/N-ethyl adjacent to an activating group) is 1. The summed E-state index contributed by atoms with van der Waals surface area (Å²) in [5, 5.41) is 13.0. The summed E-state index contributed by atoms with van der Waals surface area (Å²) in [7, 11) is 1.61. The molecular weight excluding hydrogens is 498 g/mol. The number of carbonyl (C=O) groups is 4. The van der Waals surface area contributed by atoms with Crippen LogP contribution in [0.3, 0.4) is 0 Å². The molecule has 3 aliphatic heterocycles. The minimum atomic E-state index is -1.00. The summed E-state index contributed by atoms with van der Waals surface area (Å²) < 4.78 is 5.14. The average Bonchev–Trinajstić information content (AvgIpc) is 3.37. The lowest BCUT2D eigenvalue weighted by Crippen LogP contribution is -2.57. The number of hydrogen-bond acceptors (Lipinski definition) is 6. The number of rotatable bonds is 7. The second-order valence-corrected chi connectivity index (χ2v) is 12.6. The Kier molecular flexibility index (Phi) is 6.81. The standard InChI is InChI=1S/C29H37N5O5/c1-28(2,3)15-23(32(4)24(35)22(13-18-9-10-18)33-11-12-39-27(33)38)25(36)34-17-29(14-19(34)16-30)20-7-5-6-8-21(20)31-26(29)37/h5-8,18-19,22-23H,9-15,17H2,1-4H3,(H,31,37)/t19-,22?,23-,29-/m0/s1. The van der Waals surface area contributed by atoms with Crippen LogP contribution >= 0.6 is 0 Å². The molecule has 1 aromatic carbocycles. The van der Waals surface area contributed by atoms with Crippen LogP contribution in [0.25, 0.3) is 0 Å². The van der Waals surface area contributed by atoms with Crippen LogP contribution < -0.4 is 5.32 Å². The van der Waals surface area contributed by atoms with Crippen LogP contribution in [0, 0.1) is 22.7 Å². The number of anilines is 1. The summed E-state index contributed by atoms with van der Waals surface area (Å²) in [5.74, 6) is -0.488. The fraction of sp³-hybridized carbons (Fsp3) is 0.621. The third-order valence-electron chi connectivity index (χ3n) is 8.53. The molecule has 4 atom stereocenters. The van der Waals surface area contributed by atoms with E-state index in [1.807, 2.05) is 45.0 Å². The first-order chi connectivity index (χ1) is 18.4. The van der Waals surface area contributed by atoms with Crippen LogP contribution in [0.2, 0.25) is 0 Å². The normalized spacial score (nSPS) is 25.7. The van der Waals surface area contributed by atoms with Gasteiger partial charge in [-0.1, -0.05) is 51.8 Å². The summed E-state index contributed by atoms with van der Waals surface area (Å²) in [5.41, 5.74) is 0.173. The van der Waals surface area contributed by atoms with Crippen LogP contribution in [0.4, 0.5) is 10.5 Å². The van der Waals surface area contributed by atoms with Gasteiger partial charge in [0.25, 0.3) is 0 Å². The molecule has 1 aromatic rings. The van der Waals surface area contributed by atoms with Crippen molar-refractivity contribution in [2.75, 3.05) is 32.1 Å². The highest BCUT2D eigenvalue weighted by Gasteiger charge is 2.57. The van der Waals surface area contributed by atoms with Crippen molar-refractivity contribution in [3.8, 4) is 6.07 Å². The van der Waals surface area contributed by atoms with Crippen molar-refractivity contribution in [2.45, 2.75) is 76.4 Å². The van der Waals surface area contributed by atoms with E-state index in [2.05, 4.69) is 11.4 Å². The van der Waals surface area contributed by atoms with E-state index in [0.29, 0.717) is 31.0 Å². The number of benzene rings is 1. The van der Waals surface area contributed by atoms with Gasteiger partial charge in [-0.2, -0.15) is 5.26 Å². The molecule has 1 saturated carbocycles. The van der Waals surface area contributed by atoms with Gasteiger partial charge in [-0.05, 0) is 35.8 Å². The third kappa shape index (κ3) is 4.95. The Morgan fingerprint density at radius 2 is 1.97 bits per heavy atom. The minimum absolute atomic E-state index is 0.0690. The van der Waals surface area contributed by atoms with Crippen molar-refractivity contribution in [3.05, 3.63) is 29.8 Å². The number of cyclic esters (lactones) is 1. The molecule has 3 heterocycles. The highest BCUT2D eigenvalue weighted by Crippen LogP contribution is 2.46. The zero-order chi connectivity index (χ0) is 28.1. The van der Waals surface area contributed by atoms with Crippen LogP contribution in [0.1, 0.15) is 58.4 Å². The van der Waals surface area contributed by atoms with Crippen molar-refractivity contribution in [2.24, 2.45) is 11.3 Å². The van der Waals surface area contributed by atoms with Gasteiger partial charge in [-0.25, -0.2) is 4.79 Å². The summed E-state index contributed by atoms with van der Waals surface area (Å²) in [6.07, 6.45) is 2.63. The largest absolute Gasteiger partial charge is 0.448 e. The number of hydrogen-bond donors (Lipinski definition) is 1. The number of likely N-dealkylation sites (tertiary alicyclic amines) is 1. The first-order valence-corrected chi connectivity index (χ1v) is 13.8. The van der Waals surface area contributed by atoms with E-state index in [4.69, 9.17) is 4.74 Å². The molecule has 0 bridgehead atoms. The van der Waals surface area contributed by atoms with E-state index < -0.39 is 29.6 Å². The number of ether oxygens (including phenoxy) is 1. The van der Waals surface area contributed by atoms with E-state index in [0.717, 1.165) is 18.4 Å². The molecule has 1 N–H and O–H groups in total. The van der Waals surface area contributed by atoms with E-state index in [9.17, 15) is 24.4 Å². The first kappa shape index (κ1) is 27.0. The summed E-state index contributed by atoms with van der Waals surface area (Å²) in [4.78, 5) is 58.4. The summed E-state index contributed by atoms with van der Waals surface area (Å²) in [6, 6.07) is 7.27. The zero-order valence-corrected chi connectivity index (χ0v) is 23.1. The van der Waals surface area contributed by atoms with Gasteiger partial charge in [0.15, 0.2) is 0 Å². The molecule has 39 heavy (non-hydrogen) atoms.